The number of hydrogen-bond acceptors (Lipinski definition) is 2. The summed E-state index contributed by atoms with van der Waals surface area (Å²) in [5.41, 5.74) is 1.50. The van der Waals surface area contributed by atoms with Gasteiger partial charge in [-0.2, -0.15) is 0 Å². The van der Waals surface area contributed by atoms with Crippen molar-refractivity contribution in [3.05, 3.63) is 61.5 Å². The van der Waals surface area contributed by atoms with Crippen molar-refractivity contribution in [2.75, 3.05) is 6.61 Å². The Kier molecular flexibility index (Phi) is 5.49. The van der Waals surface area contributed by atoms with E-state index >= 15 is 0 Å². The van der Waals surface area contributed by atoms with Crippen LogP contribution in [0, 0.1) is 0 Å². The van der Waals surface area contributed by atoms with Gasteiger partial charge in [0.2, 0.25) is 0 Å². The summed E-state index contributed by atoms with van der Waals surface area (Å²) in [5, 5.41) is 11.1. The van der Waals surface area contributed by atoms with Gasteiger partial charge in [0.25, 0.3) is 0 Å². The lowest BCUT2D eigenvalue weighted by Crippen LogP contribution is -2.01. The molecule has 0 bridgehead atoms. The number of ether oxygens (including phenoxy) is 1. The highest BCUT2D eigenvalue weighted by Crippen LogP contribution is 2.33. The first kappa shape index (κ1) is 15.8. The standard InChI is InChI=1S/C15H13Br2ClO2/c1-2-20-12-3-4-13(14(17)8-12)15(19)9-5-10(16)7-11(18)6-9/h3-8,15,19H,2H2,1H3. The second-order valence-corrected chi connectivity index (χ2v) is 6.43. The van der Waals surface area contributed by atoms with Gasteiger partial charge in [-0.25, -0.2) is 0 Å². The third kappa shape index (κ3) is 3.76. The molecule has 106 valence electrons. The normalized spacial score (nSPS) is 12.2. The highest BCUT2D eigenvalue weighted by atomic mass is 79.9. The van der Waals surface area contributed by atoms with Crippen LogP contribution in [0.4, 0.5) is 0 Å². The van der Waals surface area contributed by atoms with Crippen LogP contribution in [0.25, 0.3) is 0 Å². The molecule has 0 saturated carbocycles. The smallest absolute Gasteiger partial charge is 0.120 e. The Labute approximate surface area is 140 Å². The average molecular weight is 421 g/mol. The Hall–Kier alpha value is -0.550. The van der Waals surface area contributed by atoms with Crippen molar-refractivity contribution in [3.63, 3.8) is 0 Å². The van der Waals surface area contributed by atoms with Gasteiger partial charge in [0.05, 0.1) is 6.61 Å². The van der Waals surface area contributed by atoms with E-state index < -0.39 is 6.10 Å². The second kappa shape index (κ2) is 6.94. The molecule has 0 aliphatic rings. The number of halogens is 3. The maximum Gasteiger partial charge on any atom is 0.120 e. The number of benzene rings is 2. The van der Waals surface area contributed by atoms with Gasteiger partial charge in [0.1, 0.15) is 11.9 Å². The third-order valence-corrected chi connectivity index (χ3v) is 4.14. The summed E-state index contributed by atoms with van der Waals surface area (Å²) in [6.45, 7) is 2.54. The molecule has 0 fully saturated rings. The van der Waals surface area contributed by atoms with Gasteiger partial charge < -0.3 is 9.84 Å². The third-order valence-electron chi connectivity index (χ3n) is 2.78. The van der Waals surface area contributed by atoms with Crippen molar-refractivity contribution in [2.24, 2.45) is 0 Å². The first-order valence-corrected chi connectivity index (χ1v) is 8.04. The van der Waals surface area contributed by atoms with Gasteiger partial charge in [0, 0.05) is 14.0 Å². The molecular formula is C15H13Br2ClO2. The summed E-state index contributed by atoms with van der Waals surface area (Å²) in [5.74, 6) is 0.766. The summed E-state index contributed by atoms with van der Waals surface area (Å²) in [4.78, 5) is 0. The van der Waals surface area contributed by atoms with E-state index in [9.17, 15) is 5.11 Å². The molecule has 0 aromatic heterocycles. The number of hydrogen-bond donors (Lipinski definition) is 1. The van der Waals surface area contributed by atoms with Crippen LogP contribution in [-0.2, 0) is 0 Å². The highest BCUT2D eigenvalue weighted by molar-refractivity contribution is 9.10. The number of aliphatic hydroxyl groups is 1. The lowest BCUT2D eigenvalue weighted by Gasteiger charge is -2.15. The van der Waals surface area contributed by atoms with E-state index in [0.717, 1.165) is 25.8 Å². The van der Waals surface area contributed by atoms with E-state index in [0.29, 0.717) is 11.6 Å². The van der Waals surface area contributed by atoms with Crippen LogP contribution in [0.5, 0.6) is 5.75 Å². The first-order valence-electron chi connectivity index (χ1n) is 6.07. The van der Waals surface area contributed by atoms with Gasteiger partial charge in [-0.15, -0.1) is 0 Å². The number of rotatable bonds is 4. The SMILES string of the molecule is CCOc1ccc(C(O)c2cc(Cl)cc(Br)c2)c(Br)c1. The van der Waals surface area contributed by atoms with Crippen LogP contribution in [0.15, 0.2) is 45.3 Å². The zero-order chi connectivity index (χ0) is 14.7. The molecular weight excluding hydrogens is 407 g/mol. The summed E-state index contributed by atoms with van der Waals surface area (Å²) in [6, 6.07) is 10.9. The van der Waals surface area contributed by atoms with Crippen LogP contribution in [-0.4, -0.2) is 11.7 Å². The van der Waals surface area contributed by atoms with E-state index in [2.05, 4.69) is 31.9 Å². The van der Waals surface area contributed by atoms with E-state index in [1.807, 2.05) is 31.2 Å². The fourth-order valence-electron chi connectivity index (χ4n) is 1.90. The van der Waals surface area contributed by atoms with Crippen LogP contribution in [0.1, 0.15) is 24.2 Å². The quantitative estimate of drug-likeness (QED) is 0.723. The minimum absolute atomic E-state index is 0.579. The highest BCUT2D eigenvalue weighted by Gasteiger charge is 2.15. The lowest BCUT2D eigenvalue weighted by molar-refractivity contribution is 0.219. The van der Waals surface area contributed by atoms with E-state index in [1.165, 1.54) is 0 Å². The molecule has 2 aromatic rings. The monoisotopic (exact) mass is 418 g/mol. The molecule has 0 aliphatic carbocycles. The Morgan fingerprint density at radius 3 is 2.55 bits per heavy atom. The molecule has 0 amide bonds. The summed E-state index contributed by atoms with van der Waals surface area (Å²) in [6.07, 6.45) is -0.755. The molecule has 0 spiro atoms. The maximum atomic E-state index is 10.5. The molecule has 5 heteroatoms. The summed E-state index contributed by atoms with van der Waals surface area (Å²) in [7, 11) is 0. The van der Waals surface area contributed by atoms with Crippen molar-refractivity contribution < 1.29 is 9.84 Å². The van der Waals surface area contributed by atoms with Crippen LogP contribution >= 0.6 is 43.5 Å². The summed E-state index contributed by atoms with van der Waals surface area (Å²) >= 11 is 12.9. The molecule has 1 N–H and O–H groups in total. The number of aliphatic hydroxyl groups excluding tert-OH is 1. The second-order valence-electron chi connectivity index (χ2n) is 4.22. The van der Waals surface area contributed by atoms with Gasteiger partial charge in [-0.1, -0.05) is 49.5 Å². The topological polar surface area (TPSA) is 29.5 Å². The minimum Gasteiger partial charge on any atom is -0.494 e. The minimum atomic E-state index is -0.755. The fraction of sp³-hybridized carbons (Fsp3) is 0.200. The zero-order valence-corrected chi connectivity index (χ0v) is 14.7. The molecule has 1 atom stereocenters. The molecule has 2 nitrogen and oxygen atoms in total. The molecule has 2 rings (SSSR count). The molecule has 0 aliphatic heterocycles. The molecule has 1 unspecified atom stereocenters. The van der Waals surface area contributed by atoms with Gasteiger partial charge in [0.15, 0.2) is 0 Å². The Morgan fingerprint density at radius 1 is 1.20 bits per heavy atom. The van der Waals surface area contributed by atoms with Crippen molar-refractivity contribution in [3.8, 4) is 5.75 Å². The van der Waals surface area contributed by atoms with Gasteiger partial charge in [-0.3, -0.25) is 0 Å². The van der Waals surface area contributed by atoms with Crippen molar-refractivity contribution in [1.82, 2.24) is 0 Å². The molecule has 0 heterocycles. The van der Waals surface area contributed by atoms with E-state index in [1.54, 1.807) is 12.1 Å². The predicted octanol–water partition coefficient (Wildman–Crippen LogP) is 5.35. The van der Waals surface area contributed by atoms with Gasteiger partial charge >= 0.3 is 0 Å². The molecule has 20 heavy (non-hydrogen) atoms. The summed E-state index contributed by atoms with van der Waals surface area (Å²) < 4.78 is 7.06. The van der Waals surface area contributed by atoms with E-state index in [4.69, 9.17) is 16.3 Å². The first-order chi connectivity index (χ1) is 9.51. The largest absolute Gasteiger partial charge is 0.494 e. The molecule has 0 saturated heterocycles. The average Bonchev–Trinajstić information content (AvgIpc) is 2.37. The van der Waals surface area contributed by atoms with Crippen molar-refractivity contribution in [1.29, 1.82) is 0 Å². The van der Waals surface area contributed by atoms with Crippen LogP contribution in [0.3, 0.4) is 0 Å². The molecule has 2 aromatic carbocycles. The maximum absolute atomic E-state index is 10.5. The zero-order valence-electron chi connectivity index (χ0n) is 10.7. The van der Waals surface area contributed by atoms with Crippen molar-refractivity contribution >= 4 is 43.5 Å². The molecule has 0 radical (unpaired) electrons. The van der Waals surface area contributed by atoms with Crippen LogP contribution in [0.2, 0.25) is 5.02 Å². The van der Waals surface area contributed by atoms with Crippen LogP contribution < -0.4 is 4.74 Å². The lowest BCUT2D eigenvalue weighted by atomic mass is 10.0. The van der Waals surface area contributed by atoms with Crippen molar-refractivity contribution in [2.45, 2.75) is 13.0 Å². The fourth-order valence-corrected chi connectivity index (χ4v) is 3.36. The Morgan fingerprint density at radius 2 is 1.95 bits per heavy atom. The predicted molar refractivity (Wildman–Crippen MR) is 88.5 cm³/mol. The Balaban J connectivity index is 2.35. The van der Waals surface area contributed by atoms with E-state index in [-0.39, 0.29) is 0 Å². The van der Waals surface area contributed by atoms with Gasteiger partial charge in [-0.05, 0) is 48.4 Å². The Bertz CT molecular complexity index is 597.